The van der Waals surface area contributed by atoms with Gasteiger partial charge in [0.05, 0.1) is 22.0 Å². The minimum absolute atomic E-state index is 0.156. The largest absolute Gasteiger partial charge is 0.456 e. The Kier molecular flexibility index (Phi) is 4.35. The fourth-order valence-corrected chi connectivity index (χ4v) is 2.70. The zero-order valence-corrected chi connectivity index (χ0v) is 14.4. The van der Waals surface area contributed by atoms with Gasteiger partial charge in [0, 0.05) is 12.3 Å². The molecule has 9 nitrogen and oxygen atoms in total. The molecule has 134 valence electrons. The first-order valence-electron chi connectivity index (χ1n) is 7.79. The van der Waals surface area contributed by atoms with E-state index < -0.39 is 5.97 Å². The molecule has 3 heterocycles. The van der Waals surface area contributed by atoms with E-state index in [1.807, 2.05) is 0 Å². The molecule has 0 N–H and O–H groups in total. The van der Waals surface area contributed by atoms with Gasteiger partial charge in [-0.15, -0.1) is 5.10 Å². The fourth-order valence-electron chi connectivity index (χ4n) is 2.53. The standard InChI is InChI=1S/C17H11ClN6O3/c18-11-5-6-15-20-12(7-16(25)23(15)8-11)9-27-17(26)13-3-1-2-4-14(13)24-10-19-21-22-24/h1-8,10H,9H2. The molecule has 3 aromatic heterocycles. The Labute approximate surface area is 156 Å². The number of carbonyl (C=O) groups is 1. The third kappa shape index (κ3) is 3.40. The van der Waals surface area contributed by atoms with Crippen molar-refractivity contribution in [1.82, 2.24) is 29.6 Å². The number of pyridine rings is 1. The molecule has 0 aliphatic carbocycles. The summed E-state index contributed by atoms with van der Waals surface area (Å²) in [6, 6.07) is 11.3. The number of carbonyl (C=O) groups excluding carboxylic acids is 1. The van der Waals surface area contributed by atoms with Gasteiger partial charge in [0.2, 0.25) is 0 Å². The van der Waals surface area contributed by atoms with Crippen molar-refractivity contribution in [3.05, 3.63) is 81.6 Å². The van der Waals surface area contributed by atoms with E-state index in [-0.39, 0.29) is 17.7 Å². The Morgan fingerprint density at radius 2 is 2.04 bits per heavy atom. The molecule has 4 aromatic rings. The van der Waals surface area contributed by atoms with Gasteiger partial charge in [-0.1, -0.05) is 23.7 Å². The van der Waals surface area contributed by atoms with Crippen LogP contribution in [-0.4, -0.2) is 35.6 Å². The second-order valence-corrected chi connectivity index (χ2v) is 5.95. The predicted molar refractivity (Wildman–Crippen MR) is 94.7 cm³/mol. The highest BCUT2D eigenvalue weighted by atomic mass is 35.5. The van der Waals surface area contributed by atoms with E-state index in [0.29, 0.717) is 22.1 Å². The van der Waals surface area contributed by atoms with Crippen molar-refractivity contribution in [1.29, 1.82) is 0 Å². The topological polar surface area (TPSA) is 104 Å². The maximum atomic E-state index is 12.5. The molecule has 0 bridgehead atoms. The lowest BCUT2D eigenvalue weighted by molar-refractivity contribution is 0.0467. The average molecular weight is 383 g/mol. The van der Waals surface area contributed by atoms with Crippen LogP contribution in [0.25, 0.3) is 11.3 Å². The van der Waals surface area contributed by atoms with Gasteiger partial charge >= 0.3 is 5.97 Å². The van der Waals surface area contributed by atoms with Crippen LogP contribution in [-0.2, 0) is 11.3 Å². The van der Waals surface area contributed by atoms with Gasteiger partial charge in [0.15, 0.2) is 0 Å². The number of nitrogens with zero attached hydrogens (tertiary/aromatic N) is 6. The smallest absolute Gasteiger partial charge is 0.340 e. The van der Waals surface area contributed by atoms with Gasteiger partial charge in [-0.3, -0.25) is 9.20 Å². The first-order chi connectivity index (χ1) is 13.1. The van der Waals surface area contributed by atoms with Gasteiger partial charge in [-0.25, -0.2) is 9.78 Å². The second-order valence-electron chi connectivity index (χ2n) is 5.51. The molecular weight excluding hydrogens is 372 g/mol. The van der Waals surface area contributed by atoms with Crippen LogP contribution >= 0.6 is 11.6 Å². The zero-order chi connectivity index (χ0) is 18.8. The van der Waals surface area contributed by atoms with Gasteiger partial charge in [-0.2, -0.15) is 4.68 Å². The summed E-state index contributed by atoms with van der Waals surface area (Å²) < 4.78 is 8.01. The first kappa shape index (κ1) is 16.9. The van der Waals surface area contributed by atoms with Crippen LogP contribution in [0.3, 0.4) is 0 Å². The summed E-state index contributed by atoms with van der Waals surface area (Å²) in [6.45, 7) is -0.156. The van der Waals surface area contributed by atoms with E-state index >= 15 is 0 Å². The lowest BCUT2D eigenvalue weighted by Crippen LogP contribution is -2.17. The van der Waals surface area contributed by atoms with Crippen molar-refractivity contribution >= 4 is 23.2 Å². The number of esters is 1. The van der Waals surface area contributed by atoms with Crippen molar-refractivity contribution in [3.63, 3.8) is 0 Å². The molecule has 27 heavy (non-hydrogen) atoms. The Morgan fingerprint density at radius 1 is 1.19 bits per heavy atom. The summed E-state index contributed by atoms with van der Waals surface area (Å²) >= 11 is 5.89. The number of halogens is 1. The molecule has 0 aliphatic rings. The number of rotatable bonds is 4. The third-order valence-electron chi connectivity index (χ3n) is 3.75. The Bertz CT molecular complexity index is 1190. The van der Waals surface area contributed by atoms with Gasteiger partial charge < -0.3 is 4.74 Å². The molecular formula is C17H11ClN6O3. The van der Waals surface area contributed by atoms with Crippen LogP contribution in [0.4, 0.5) is 0 Å². The first-order valence-corrected chi connectivity index (χ1v) is 8.17. The lowest BCUT2D eigenvalue weighted by Gasteiger charge is -2.09. The summed E-state index contributed by atoms with van der Waals surface area (Å²) in [5, 5.41) is 11.3. The highest BCUT2D eigenvalue weighted by Crippen LogP contribution is 2.15. The molecule has 0 fully saturated rings. The van der Waals surface area contributed by atoms with Crippen molar-refractivity contribution < 1.29 is 9.53 Å². The molecule has 0 saturated carbocycles. The van der Waals surface area contributed by atoms with Crippen molar-refractivity contribution in [2.45, 2.75) is 6.61 Å². The molecule has 0 spiro atoms. The number of benzene rings is 1. The number of ether oxygens (including phenoxy) is 1. The molecule has 10 heteroatoms. The minimum atomic E-state index is -0.584. The highest BCUT2D eigenvalue weighted by molar-refractivity contribution is 6.30. The summed E-state index contributed by atoms with van der Waals surface area (Å²) in [6.07, 6.45) is 2.85. The number of hydrogen-bond acceptors (Lipinski definition) is 7. The molecule has 4 rings (SSSR count). The summed E-state index contributed by atoms with van der Waals surface area (Å²) in [7, 11) is 0. The maximum absolute atomic E-state index is 12.5. The van der Waals surface area contributed by atoms with Crippen LogP contribution in [0.15, 0.2) is 59.8 Å². The molecule has 0 saturated heterocycles. The van der Waals surface area contributed by atoms with Crippen LogP contribution in [0, 0.1) is 0 Å². The van der Waals surface area contributed by atoms with Crippen LogP contribution in [0.5, 0.6) is 0 Å². The average Bonchev–Trinajstić information content (AvgIpc) is 3.21. The zero-order valence-electron chi connectivity index (χ0n) is 13.7. The number of hydrogen-bond donors (Lipinski definition) is 0. The number of aromatic nitrogens is 6. The van der Waals surface area contributed by atoms with Crippen LogP contribution in [0.1, 0.15) is 16.1 Å². The summed E-state index contributed by atoms with van der Waals surface area (Å²) in [5.41, 5.74) is 1.19. The molecule has 0 amide bonds. The van der Waals surface area contributed by atoms with E-state index in [1.54, 1.807) is 36.4 Å². The predicted octanol–water partition coefficient (Wildman–Crippen LogP) is 1.68. The number of fused-ring (bicyclic) bond motifs is 1. The highest BCUT2D eigenvalue weighted by Gasteiger charge is 2.15. The Morgan fingerprint density at radius 3 is 2.85 bits per heavy atom. The van der Waals surface area contributed by atoms with Crippen molar-refractivity contribution in [2.24, 2.45) is 0 Å². The van der Waals surface area contributed by atoms with Crippen molar-refractivity contribution in [2.75, 3.05) is 0 Å². The quantitative estimate of drug-likeness (QED) is 0.494. The summed E-state index contributed by atoms with van der Waals surface area (Å²) in [5.74, 6) is -0.584. The third-order valence-corrected chi connectivity index (χ3v) is 3.97. The van der Waals surface area contributed by atoms with Gasteiger partial charge in [0.1, 0.15) is 18.6 Å². The van der Waals surface area contributed by atoms with E-state index in [4.69, 9.17) is 16.3 Å². The minimum Gasteiger partial charge on any atom is -0.456 e. The lowest BCUT2D eigenvalue weighted by atomic mass is 10.2. The van der Waals surface area contributed by atoms with E-state index in [1.165, 1.54) is 27.7 Å². The number of para-hydroxylation sites is 1. The normalized spacial score (nSPS) is 10.9. The van der Waals surface area contributed by atoms with E-state index in [2.05, 4.69) is 20.5 Å². The van der Waals surface area contributed by atoms with E-state index in [0.717, 1.165) is 0 Å². The molecule has 0 unspecified atom stereocenters. The molecule has 1 aromatic carbocycles. The van der Waals surface area contributed by atoms with Crippen LogP contribution < -0.4 is 5.56 Å². The monoisotopic (exact) mass is 382 g/mol. The molecule has 0 radical (unpaired) electrons. The molecule has 0 aliphatic heterocycles. The molecule has 0 atom stereocenters. The van der Waals surface area contributed by atoms with E-state index in [9.17, 15) is 9.59 Å². The SMILES string of the molecule is O=C(OCc1cc(=O)n2cc(Cl)ccc2n1)c1ccccc1-n1cnnn1. The fraction of sp³-hybridized carbons (Fsp3) is 0.0588. The van der Waals surface area contributed by atoms with Gasteiger partial charge in [0.25, 0.3) is 5.56 Å². The Balaban J connectivity index is 1.58. The van der Waals surface area contributed by atoms with Gasteiger partial charge in [-0.05, 0) is 34.7 Å². The number of tetrazole rings is 1. The Hall–Kier alpha value is -3.59. The second kappa shape index (κ2) is 6.96. The van der Waals surface area contributed by atoms with Crippen molar-refractivity contribution in [3.8, 4) is 5.69 Å². The maximum Gasteiger partial charge on any atom is 0.340 e. The summed E-state index contributed by atoms with van der Waals surface area (Å²) in [4.78, 5) is 29.0. The van der Waals surface area contributed by atoms with Crippen LogP contribution in [0.2, 0.25) is 5.02 Å².